The molecular weight excluding hydrogens is 296 g/mol. The molecule has 1 aromatic carbocycles. The van der Waals surface area contributed by atoms with Gasteiger partial charge in [-0.15, -0.1) is 0 Å². The van der Waals surface area contributed by atoms with Crippen LogP contribution in [0.15, 0.2) is 42.7 Å². The zero-order chi connectivity index (χ0) is 16.8. The molecule has 1 atom stereocenters. The summed E-state index contributed by atoms with van der Waals surface area (Å²) in [6.45, 7) is 7.70. The fraction of sp³-hybridized carbons (Fsp3) is 0.550. The van der Waals surface area contributed by atoms with Crippen molar-refractivity contribution in [1.29, 1.82) is 0 Å². The summed E-state index contributed by atoms with van der Waals surface area (Å²) >= 11 is 0. The first-order valence-corrected chi connectivity index (χ1v) is 9.22. The molecule has 0 N–H and O–H groups in total. The number of likely N-dealkylation sites (N-methyl/N-ethyl adjacent to an activating group) is 1. The molecule has 1 aliphatic rings. The number of nitrogens with zero attached hydrogens (tertiary/aromatic N) is 4. The summed E-state index contributed by atoms with van der Waals surface area (Å²) in [4.78, 5) is 9.64. The van der Waals surface area contributed by atoms with Gasteiger partial charge in [-0.25, -0.2) is 4.98 Å². The molecule has 0 amide bonds. The van der Waals surface area contributed by atoms with E-state index in [-0.39, 0.29) is 0 Å². The van der Waals surface area contributed by atoms with Crippen LogP contribution in [0.2, 0.25) is 0 Å². The van der Waals surface area contributed by atoms with Crippen LogP contribution in [0.25, 0.3) is 0 Å². The Labute approximate surface area is 146 Å². The van der Waals surface area contributed by atoms with Gasteiger partial charge in [0, 0.05) is 38.1 Å². The van der Waals surface area contributed by atoms with Crippen LogP contribution in [0.5, 0.6) is 0 Å². The van der Waals surface area contributed by atoms with Gasteiger partial charge in [-0.2, -0.15) is 0 Å². The highest BCUT2D eigenvalue weighted by Gasteiger charge is 2.23. The molecule has 0 spiro atoms. The highest BCUT2D eigenvalue weighted by atomic mass is 15.2. The summed E-state index contributed by atoms with van der Waals surface area (Å²) in [5.41, 5.74) is 1.44. The van der Waals surface area contributed by atoms with Gasteiger partial charge in [0.05, 0.1) is 6.54 Å². The van der Waals surface area contributed by atoms with Gasteiger partial charge in [0.15, 0.2) is 0 Å². The van der Waals surface area contributed by atoms with E-state index < -0.39 is 0 Å². The lowest BCUT2D eigenvalue weighted by Gasteiger charge is -2.37. The Balaban J connectivity index is 1.51. The second-order valence-corrected chi connectivity index (χ2v) is 6.88. The van der Waals surface area contributed by atoms with Crippen LogP contribution in [0.4, 0.5) is 0 Å². The number of aryl methyl sites for hydroxylation is 1. The van der Waals surface area contributed by atoms with Crippen molar-refractivity contribution in [2.45, 2.75) is 45.3 Å². The first kappa shape index (κ1) is 17.2. The van der Waals surface area contributed by atoms with Crippen molar-refractivity contribution in [2.75, 3.05) is 26.7 Å². The maximum atomic E-state index is 4.52. The number of aromatic nitrogens is 2. The highest BCUT2D eigenvalue weighted by Crippen LogP contribution is 2.17. The van der Waals surface area contributed by atoms with E-state index in [4.69, 9.17) is 0 Å². The number of rotatable bonds is 7. The van der Waals surface area contributed by atoms with Crippen LogP contribution >= 0.6 is 0 Å². The number of piperidine rings is 1. The minimum atomic E-state index is 0.636. The van der Waals surface area contributed by atoms with Gasteiger partial charge in [-0.05, 0) is 45.3 Å². The Bertz CT molecular complexity index is 607. The predicted molar refractivity (Wildman–Crippen MR) is 99.0 cm³/mol. The molecule has 130 valence electrons. The SMILES string of the molecule is CCn1ccnc1CN(C)[C@H]1CCCN(CCc2ccccc2)C1. The van der Waals surface area contributed by atoms with Crippen molar-refractivity contribution < 1.29 is 0 Å². The van der Waals surface area contributed by atoms with Gasteiger partial charge < -0.3 is 9.47 Å². The molecule has 0 saturated carbocycles. The van der Waals surface area contributed by atoms with E-state index in [0.29, 0.717) is 6.04 Å². The van der Waals surface area contributed by atoms with Crippen molar-refractivity contribution in [2.24, 2.45) is 0 Å². The fourth-order valence-electron chi connectivity index (χ4n) is 3.66. The molecule has 1 aliphatic heterocycles. The molecule has 1 fully saturated rings. The molecule has 2 heterocycles. The van der Waals surface area contributed by atoms with Gasteiger partial charge in [-0.3, -0.25) is 4.90 Å². The fourth-order valence-corrected chi connectivity index (χ4v) is 3.66. The lowest BCUT2D eigenvalue weighted by atomic mass is 10.0. The molecule has 0 unspecified atom stereocenters. The first-order chi connectivity index (χ1) is 11.8. The van der Waals surface area contributed by atoms with Gasteiger partial charge in [-0.1, -0.05) is 30.3 Å². The Hall–Kier alpha value is -1.65. The van der Waals surface area contributed by atoms with E-state index >= 15 is 0 Å². The molecule has 1 saturated heterocycles. The molecule has 0 radical (unpaired) electrons. The van der Waals surface area contributed by atoms with E-state index in [2.05, 4.69) is 69.9 Å². The van der Waals surface area contributed by atoms with Crippen LogP contribution in [-0.2, 0) is 19.5 Å². The lowest BCUT2D eigenvalue weighted by Crippen LogP contribution is -2.46. The third kappa shape index (κ3) is 4.46. The lowest BCUT2D eigenvalue weighted by molar-refractivity contribution is 0.110. The number of benzene rings is 1. The number of likely N-dealkylation sites (tertiary alicyclic amines) is 1. The van der Waals surface area contributed by atoms with Crippen LogP contribution < -0.4 is 0 Å². The first-order valence-electron chi connectivity index (χ1n) is 9.22. The van der Waals surface area contributed by atoms with Gasteiger partial charge in [0.25, 0.3) is 0 Å². The Morgan fingerprint density at radius 1 is 1.25 bits per heavy atom. The van der Waals surface area contributed by atoms with Crippen LogP contribution in [0.1, 0.15) is 31.2 Å². The van der Waals surface area contributed by atoms with Crippen molar-refractivity contribution >= 4 is 0 Å². The van der Waals surface area contributed by atoms with Crippen LogP contribution in [-0.4, -0.2) is 52.1 Å². The molecule has 3 rings (SSSR count). The molecule has 1 aromatic heterocycles. The number of hydrogen-bond donors (Lipinski definition) is 0. The second kappa shape index (κ2) is 8.45. The van der Waals surface area contributed by atoms with E-state index in [1.807, 2.05) is 6.20 Å². The standard InChI is InChI=1S/C20H30N4/c1-3-24-15-12-21-20(24)17-22(2)19-10-7-13-23(16-19)14-11-18-8-5-4-6-9-18/h4-6,8-9,12,15,19H,3,7,10-11,13-14,16-17H2,1-2H3/t19-/m0/s1. The van der Waals surface area contributed by atoms with E-state index in [9.17, 15) is 0 Å². The number of hydrogen-bond acceptors (Lipinski definition) is 3. The quantitative estimate of drug-likeness (QED) is 0.781. The summed E-state index contributed by atoms with van der Waals surface area (Å²) < 4.78 is 2.24. The molecule has 24 heavy (non-hydrogen) atoms. The van der Waals surface area contributed by atoms with Crippen molar-refractivity contribution in [3.63, 3.8) is 0 Å². The van der Waals surface area contributed by atoms with E-state index in [0.717, 1.165) is 26.1 Å². The number of imidazole rings is 1. The summed E-state index contributed by atoms with van der Waals surface area (Å²) in [6, 6.07) is 11.5. The third-order valence-corrected chi connectivity index (χ3v) is 5.20. The highest BCUT2D eigenvalue weighted by molar-refractivity contribution is 5.14. The average Bonchev–Trinajstić information content (AvgIpc) is 3.08. The molecule has 4 heteroatoms. The third-order valence-electron chi connectivity index (χ3n) is 5.20. The van der Waals surface area contributed by atoms with Gasteiger partial charge >= 0.3 is 0 Å². The minimum Gasteiger partial charge on any atom is -0.334 e. The maximum Gasteiger partial charge on any atom is 0.122 e. The topological polar surface area (TPSA) is 24.3 Å². The van der Waals surface area contributed by atoms with Gasteiger partial charge in [0.2, 0.25) is 0 Å². The van der Waals surface area contributed by atoms with Crippen LogP contribution in [0, 0.1) is 0 Å². The van der Waals surface area contributed by atoms with Crippen molar-refractivity contribution in [3.05, 3.63) is 54.1 Å². The Morgan fingerprint density at radius 3 is 2.88 bits per heavy atom. The van der Waals surface area contributed by atoms with E-state index in [1.165, 1.54) is 37.3 Å². The van der Waals surface area contributed by atoms with Crippen molar-refractivity contribution in [1.82, 2.24) is 19.4 Å². The molecule has 0 aliphatic carbocycles. The van der Waals surface area contributed by atoms with E-state index in [1.54, 1.807) is 0 Å². The Kier molecular flexibility index (Phi) is 6.05. The zero-order valence-corrected chi connectivity index (χ0v) is 15.1. The maximum absolute atomic E-state index is 4.52. The summed E-state index contributed by atoms with van der Waals surface area (Å²) in [5.74, 6) is 1.18. The minimum absolute atomic E-state index is 0.636. The summed E-state index contributed by atoms with van der Waals surface area (Å²) in [6.07, 6.45) is 7.74. The molecule has 4 nitrogen and oxygen atoms in total. The monoisotopic (exact) mass is 326 g/mol. The predicted octanol–water partition coefficient (Wildman–Crippen LogP) is 3.04. The van der Waals surface area contributed by atoms with Crippen LogP contribution in [0.3, 0.4) is 0 Å². The second-order valence-electron chi connectivity index (χ2n) is 6.88. The zero-order valence-electron chi connectivity index (χ0n) is 15.1. The van der Waals surface area contributed by atoms with Gasteiger partial charge in [0.1, 0.15) is 5.82 Å². The molecule has 0 bridgehead atoms. The average molecular weight is 326 g/mol. The summed E-state index contributed by atoms with van der Waals surface area (Å²) in [5, 5.41) is 0. The normalized spacial score (nSPS) is 19.0. The smallest absolute Gasteiger partial charge is 0.122 e. The Morgan fingerprint density at radius 2 is 2.08 bits per heavy atom. The largest absolute Gasteiger partial charge is 0.334 e. The van der Waals surface area contributed by atoms with Crippen molar-refractivity contribution in [3.8, 4) is 0 Å². The molecule has 2 aromatic rings. The molecular formula is C20H30N4. The summed E-state index contributed by atoms with van der Waals surface area (Å²) in [7, 11) is 2.25.